The van der Waals surface area contributed by atoms with Crippen LogP contribution in [0.15, 0.2) is 21.3 Å². The molecule has 0 saturated carbocycles. The number of rotatable bonds is 4. The van der Waals surface area contributed by atoms with Crippen molar-refractivity contribution in [2.45, 2.75) is 64.7 Å². The smallest absolute Gasteiger partial charge is 0.322 e. The molecule has 164 valence electrons. The molecule has 0 amide bonds. The van der Waals surface area contributed by atoms with E-state index < -0.39 is 28.2 Å². The number of benzene rings is 1. The second-order valence-electron chi connectivity index (χ2n) is 8.56. The second kappa shape index (κ2) is 8.72. The zero-order valence-corrected chi connectivity index (χ0v) is 18.7. The molecular formula is C21H27F2N3O3S. The van der Waals surface area contributed by atoms with E-state index in [0.717, 1.165) is 0 Å². The Labute approximate surface area is 177 Å². The molecule has 1 aliphatic rings. The van der Waals surface area contributed by atoms with E-state index in [1.165, 1.54) is 0 Å². The molecule has 6 nitrogen and oxygen atoms in total. The second-order valence-corrected chi connectivity index (χ2v) is 10.5. The topological polar surface area (TPSA) is 79.5 Å². The highest BCUT2D eigenvalue weighted by Gasteiger charge is 2.29. The van der Waals surface area contributed by atoms with Crippen molar-refractivity contribution in [1.82, 2.24) is 9.55 Å². The van der Waals surface area contributed by atoms with Gasteiger partial charge in [0.15, 0.2) is 0 Å². The van der Waals surface area contributed by atoms with E-state index in [4.69, 9.17) is 4.74 Å². The highest BCUT2D eigenvalue weighted by Crippen LogP contribution is 2.30. The van der Waals surface area contributed by atoms with E-state index in [9.17, 15) is 18.1 Å². The van der Waals surface area contributed by atoms with Crippen LogP contribution in [0, 0.1) is 6.92 Å². The molecule has 0 bridgehead atoms. The summed E-state index contributed by atoms with van der Waals surface area (Å²) in [6.45, 7) is 6.81. The lowest BCUT2D eigenvalue weighted by Gasteiger charge is -2.25. The molecule has 1 aromatic carbocycles. The Balaban J connectivity index is 2.28. The molecule has 2 aromatic rings. The molecule has 1 fully saturated rings. The summed E-state index contributed by atoms with van der Waals surface area (Å²) in [6.07, 6.45) is 1.04. The highest BCUT2D eigenvalue weighted by molar-refractivity contribution is 7.91. The van der Waals surface area contributed by atoms with Crippen LogP contribution in [-0.4, -0.2) is 37.8 Å². The molecule has 1 atom stereocenters. The van der Waals surface area contributed by atoms with Crippen molar-refractivity contribution in [3.63, 3.8) is 0 Å². The Morgan fingerprint density at radius 1 is 1.33 bits per heavy atom. The van der Waals surface area contributed by atoms with Crippen LogP contribution < -0.4 is 5.56 Å². The minimum Gasteiger partial charge on any atom is -0.591 e. The third-order valence-electron chi connectivity index (χ3n) is 5.09. The van der Waals surface area contributed by atoms with Gasteiger partial charge in [-0.3, -0.25) is 4.79 Å². The minimum atomic E-state index is -2.99. The van der Waals surface area contributed by atoms with Crippen LogP contribution in [0.2, 0.25) is 0 Å². The first-order chi connectivity index (χ1) is 14.0. The average molecular weight is 440 g/mol. The van der Waals surface area contributed by atoms with Crippen LogP contribution in [-0.2, 0) is 16.1 Å². The number of fused-ring (bicyclic) bond motifs is 1. The maximum Gasteiger partial charge on any atom is 0.322 e. The molecule has 1 aliphatic heterocycles. The van der Waals surface area contributed by atoms with Gasteiger partial charge in [-0.25, -0.2) is 9.55 Å². The van der Waals surface area contributed by atoms with Gasteiger partial charge >= 0.3 is 6.55 Å². The van der Waals surface area contributed by atoms with E-state index in [-0.39, 0.29) is 17.1 Å². The summed E-state index contributed by atoms with van der Waals surface area (Å²) in [6, 6.07) is 3.36. The van der Waals surface area contributed by atoms with Gasteiger partial charge in [-0.15, -0.1) is 0 Å². The van der Waals surface area contributed by atoms with E-state index in [1.807, 2.05) is 20.8 Å². The number of halogens is 2. The van der Waals surface area contributed by atoms with Gasteiger partial charge in [-0.05, 0) is 65.2 Å². The maximum absolute atomic E-state index is 13.9. The standard InChI is InChI=1S/C21H27F2N3O3S/c1-12-10-15(13(2)25-30(28)21(3,4)5)17-16(11-12)19(27)26(20(22)23)18(24-17)14-6-8-29-9-7-14/h10-11,14,20H,6-9H2,1-5H3/b25-13-/t30-/m1/s1. The van der Waals surface area contributed by atoms with Crippen LogP contribution in [0.3, 0.4) is 0 Å². The summed E-state index contributed by atoms with van der Waals surface area (Å²) < 4.78 is 49.8. The number of hydrogen-bond donors (Lipinski definition) is 0. The van der Waals surface area contributed by atoms with Crippen LogP contribution in [0.1, 0.15) is 70.0 Å². The Kier molecular flexibility index (Phi) is 6.64. The van der Waals surface area contributed by atoms with Gasteiger partial charge in [0.25, 0.3) is 5.56 Å². The third kappa shape index (κ3) is 4.58. The van der Waals surface area contributed by atoms with Gasteiger partial charge in [-0.1, -0.05) is 4.40 Å². The Hall–Kier alpha value is -1.84. The molecule has 1 aromatic heterocycles. The van der Waals surface area contributed by atoms with E-state index >= 15 is 0 Å². The quantitative estimate of drug-likeness (QED) is 0.527. The molecule has 0 unspecified atom stereocenters. The monoisotopic (exact) mass is 439 g/mol. The van der Waals surface area contributed by atoms with Crippen LogP contribution in [0.25, 0.3) is 10.9 Å². The Morgan fingerprint density at radius 2 is 1.97 bits per heavy atom. The third-order valence-corrected chi connectivity index (χ3v) is 6.58. The fourth-order valence-electron chi connectivity index (χ4n) is 3.48. The number of nitrogens with zero attached hydrogens (tertiary/aromatic N) is 3. The van der Waals surface area contributed by atoms with E-state index in [0.29, 0.717) is 53.0 Å². The fourth-order valence-corrected chi connectivity index (χ4v) is 4.10. The maximum atomic E-state index is 13.9. The van der Waals surface area contributed by atoms with E-state index in [2.05, 4.69) is 9.38 Å². The van der Waals surface area contributed by atoms with Crippen LogP contribution in [0.4, 0.5) is 8.78 Å². The molecule has 0 spiro atoms. The summed E-state index contributed by atoms with van der Waals surface area (Å²) in [4.78, 5) is 17.6. The number of aromatic nitrogens is 2. The fraction of sp³-hybridized carbons (Fsp3) is 0.571. The molecule has 30 heavy (non-hydrogen) atoms. The van der Waals surface area contributed by atoms with Crippen molar-refractivity contribution in [2.75, 3.05) is 13.2 Å². The summed E-state index contributed by atoms with van der Waals surface area (Å²) in [5.74, 6) is -0.222. The molecule has 9 heteroatoms. The summed E-state index contributed by atoms with van der Waals surface area (Å²) in [7, 11) is 0. The van der Waals surface area contributed by atoms with Gasteiger partial charge in [0, 0.05) is 24.7 Å². The van der Waals surface area contributed by atoms with Crippen LogP contribution >= 0.6 is 0 Å². The highest BCUT2D eigenvalue weighted by atomic mass is 32.2. The van der Waals surface area contributed by atoms with Gasteiger partial charge in [-0.2, -0.15) is 8.78 Å². The summed E-state index contributed by atoms with van der Waals surface area (Å²) in [5.41, 5.74) is 1.25. The first-order valence-corrected chi connectivity index (χ1v) is 11.0. The Bertz CT molecular complexity index is 1020. The lowest BCUT2D eigenvalue weighted by Crippen LogP contribution is -2.30. The first kappa shape index (κ1) is 22.8. The largest absolute Gasteiger partial charge is 0.591 e. The Morgan fingerprint density at radius 3 is 2.53 bits per heavy atom. The molecule has 0 radical (unpaired) electrons. The zero-order chi connectivity index (χ0) is 22.2. The SMILES string of the molecule is C/C(=N/[S@+]([O-])C(C)(C)C)c1cc(C)cc2c(=O)n(C(F)F)c(C3CCOCC3)nc12. The first-order valence-electron chi connectivity index (χ1n) is 9.91. The van der Waals surface area contributed by atoms with Gasteiger partial charge in [0.2, 0.25) is 0 Å². The van der Waals surface area contributed by atoms with Crippen molar-refractivity contribution in [2.24, 2.45) is 4.40 Å². The summed E-state index contributed by atoms with van der Waals surface area (Å²) in [5, 5.41) is 0.109. The lowest BCUT2D eigenvalue weighted by molar-refractivity contribution is 0.0503. The van der Waals surface area contributed by atoms with Gasteiger partial charge < -0.3 is 9.29 Å². The zero-order valence-electron chi connectivity index (χ0n) is 17.9. The number of aryl methyl sites for hydroxylation is 1. The van der Waals surface area contributed by atoms with Gasteiger partial charge in [0.1, 0.15) is 21.9 Å². The van der Waals surface area contributed by atoms with Crippen molar-refractivity contribution in [1.29, 1.82) is 0 Å². The van der Waals surface area contributed by atoms with Crippen molar-refractivity contribution in [3.8, 4) is 0 Å². The predicted octanol–water partition coefficient (Wildman–Crippen LogP) is 4.27. The molecule has 3 rings (SSSR count). The molecule has 1 saturated heterocycles. The summed E-state index contributed by atoms with van der Waals surface area (Å²) >= 11 is -1.50. The predicted molar refractivity (Wildman–Crippen MR) is 115 cm³/mol. The molecule has 0 aliphatic carbocycles. The van der Waals surface area contributed by atoms with Crippen molar-refractivity contribution >= 4 is 28.0 Å². The van der Waals surface area contributed by atoms with E-state index in [1.54, 1.807) is 26.0 Å². The normalized spacial score (nSPS) is 17.7. The number of alkyl halides is 2. The van der Waals surface area contributed by atoms with Crippen LogP contribution in [0.5, 0.6) is 0 Å². The lowest BCUT2D eigenvalue weighted by atomic mass is 9.97. The van der Waals surface area contributed by atoms with Crippen molar-refractivity contribution in [3.05, 3.63) is 39.4 Å². The molecule has 0 N–H and O–H groups in total. The van der Waals surface area contributed by atoms with Gasteiger partial charge in [0.05, 0.1) is 16.6 Å². The minimum absolute atomic E-state index is 0.0700. The molecule has 2 heterocycles. The number of hydrogen-bond acceptors (Lipinski definition) is 5. The average Bonchev–Trinajstić information content (AvgIpc) is 2.67. The van der Waals surface area contributed by atoms with Crippen molar-refractivity contribution < 1.29 is 18.1 Å². The molecular weight excluding hydrogens is 412 g/mol. The number of ether oxygens (including phenoxy) is 1.